The third kappa shape index (κ3) is 9.48. The van der Waals surface area contributed by atoms with E-state index >= 15 is 0 Å². The molecule has 90 valence electrons. The first-order chi connectivity index (χ1) is 6.85. The highest BCUT2D eigenvalue weighted by atomic mass is 19.4. The van der Waals surface area contributed by atoms with E-state index in [1.165, 1.54) is 0 Å². The van der Waals surface area contributed by atoms with Crippen molar-refractivity contribution in [1.82, 2.24) is 10.6 Å². The van der Waals surface area contributed by atoms with Crippen LogP contribution in [0.15, 0.2) is 0 Å². The van der Waals surface area contributed by atoms with Gasteiger partial charge in [0.05, 0.1) is 13.1 Å². The van der Waals surface area contributed by atoms with E-state index < -0.39 is 18.6 Å². The van der Waals surface area contributed by atoms with Crippen LogP contribution in [0.1, 0.15) is 13.3 Å². The number of carbonyl (C=O) groups excluding carboxylic acids is 1. The normalized spacial score (nSPS) is 13.7. The number of carbonyl (C=O) groups is 1. The molecule has 7 heteroatoms. The SMILES string of the molecule is CC(CCO)NC(=O)CNCC(F)(F)F. The number of halogens is 3. The smallest absolute Gasteiger partial charge is 0.396 e. The monoisotopic (exact) mass is 228 g/mol. The molecule has 1 amide bonds. The molecule has 0 saturated heterocycles. The fourth-order valence-electron chi connectivity index (χ4n) is 0.909. The third-order valence-corrected chi connectivity index (χ3v) is 1.58. The average molecular weight is 228 g/mol. The van der Waals surface area contributed by atoms with E-state index in [0.717, 1.165) is 0 Å². The van der Waals surface area contributed by atoms with Crippen LogP contribution in [-0.4, -0.2) is 42.9 Å². The number of hydrogen-bond acceptors (Lipinski definition) is 3. The van der Waals surface area contributed by atoms with Gasteiger partial charge in [-0.1, -0.05) is 0 Å². The van der Waals surface area contributed by atoms with Gasteiger partial charge in [0.15, 0.2) is 0 Å². The van der Waals surface area contributed by atoms with Crippen molar-refractivity contribution in [3.8, 4) is 0 Å². The molecule has 0 radical (unpaired) electrons. The lowest BCUT2D eigenvalue weighted by molar-refractivity contribution is -0.128. The molecular weight excluding hydrogens is 213 g/mol. The van der Waals surface area contributed by atoms with E-state index in [1.807, 2.05) is 5.32 Å². The van der Waals surface area contributed by atoms with E-state index in [9.17, 15) is 18.0 Å². The molecule has 0 heterocycles. The summed E-state index contributed by atoms with van der Waals surface area (Å²) >= 11 is 0. The molecule has 0 rings (SSSR count). The second-order valence-electron chi connectivity index (χ2n) is 3.20. The summed E-state index contributed by atoms with van der Waals surface area (Å²) in [6, 6.07) is -0.241. The number of nitrogens with one attached hydrogen (secondary N) is 2. The van der Waals surface area contributed by atoms with Gasteiger partial charge in [-0.2, -0.15) is 13.2 Å². The molecule has 4 nitrogen and oxygen atoms in total. The Balaban J connectivity index is 3.58. The first-order valence-electron chi connectivity index (χ1n) is 4.53. The van der Waals surface area contributed by atoms with Crippen molar-refractivity contribution < 1.29 is 23.1 Å². The van der Waals surface area contributed by atoms with E-state index in [0.29, 0.717) is 6.42 Å². The average Bonchev–Trinajstić information content (AvgIpc) is 2.01. The Labute approximate surface area is 85.8 Å². The maximum Gasteiger partial charge on any atom is 0.401 e. The van der Waals surface area contributed by atoms with E-state index in [2.05, 4.69) is 5.32 Å². The predicted octanol–water partition coefficient (Wildman–Crippen LogP) is 0.0254. The van der Waals surface area contributed by atoms with Crippen LogP contribution >= 0.6 is 0 Å². The molecule has 0 aromatic heterocycles. The first kappa shape index (κ1) is 14.2. The molecule has 3 N–H and O–H groups in total. The minimum atomic E-state index is -4.31. The summed E-state index contributed by atoms with van der Waals surface area (Å²) in [5.41, 5.74) is 0. The first-order valence-corrected chi connectivity index (χ1v) is 4.53. The van der Waals surface area contributed by atoms with Crippen molar-refractivity contribution in [1.29, 1.82) is 0 Å². The van der Waals surface area contributed by atoms with E-state index in [-0.39, 0.29) is 19.2 Å². The van der Waals surface area contributed by atoms with Crippen LogP contribution in [0.25, 0.3) is 0 Å². The topological polar surface area (TPSA) is 61.4 Å². The lowest BCUT2D eigenvalue weighted by Gasteiger charge is -2.13. The lowest BCUT2D eigenvalue weighted by Crippen LogP contribution is -2.41. The second kappa shape index (κ2) is 6.62. The number of aliphatic hydroxyl groups excluding tert-OH is 1. The number of rotatable bonds is 6. The Morgan fingerprint density at radius 2 is 2.07 bits per heavy atom. The Morgan fingerprint density at radius 3 is 2.53 bits per heavy atom. The number of amides is 1. The largest absolute Gasteiger partial charge is 0.401 e. The van der Waals surface area contributed by atoms with Crippen molar-refractivity contribution in [2.45, 2.75) is 25.6 Å². The van der Waals surface area contributed by atoms with Gasteiger partial charge in [-0.3, -0.25) is 4.79 Å². The van der Waals surface area contributed by atoms with Crippen molar-refractivity contribution >= 4 is 5.91 Å². The molecule has 0 fully saturated rings. The van der Waals surface area contributed by atoms with Gasteiger partial charge in [0.25, 0.3) is 0 Å². The molecule has 0 aliphatic carbocycles. The Morgan fingerprint density at radius 1 is 1.47 bits per heavy atom. The van der Waals surface area contributed by atoms with Crippen molar-refractivity contribution in [2.75, 3.05) is 19.7 Å². The van der Waals surface area contributed by atoms with Gasteiger partial charge in [0, 0.05) is 12.6 Å². The highest BCUT2D eigenvalue weighted by Gasteiger charge is 2.26. The highest BCUT2D eigenvalue weighted by molar-refractivity contribution is 5.78. The predicted molar refractivity (Wildman–Crippen MR) is 48.2 cm³/mol. The zero-order chi connectivity index (χ0) is 11.9. The minimum absolute atomic E-state index is 0.0720. The molecule has 15 heavy (non-hydrogen) atoms. The van der Waals surface area contributed by atoms with Crippen LogP contribution in [0.2, 0.25) is 0 Å². The van der Waals surface area contributed by atoms with Crippen LogP contribution in [0.3, 0.4) is 0 Å². The van der Waals surface area contributed by atoms with Gasteiger partial charge < -0.3 is 15.7 Å². The Bertz CT molecular complexity index is 197. The number of hydrogen-bond donors (Lipinski definition) is 3. The molecular formula is C8H15F3N2O2. The van der Waals surface area contributed by atoms with Crippen molar-refractivity contribution in [3.05, 3.63) is 0 Å². The summed E-state index contributed by atoms with van der Waals surface area (Å²) < 4.78 is 35.0. The minimum Gasteiger partial charge on any atom is -0.396 e. The second-order valence-corrected chi connectivity index (χ2v) is 3.20. The van der Waals surface area contributed by atoms with Crippen LogP contribution < -0.4 is 10.6 Å². The Hall–Kier alpha value is -0.820. The molecule has 0 spiro atoms. The summed E-state index contributed by atoms with van der Waals surface area (Å²) in [7, 11) is 0. The molecule has 1 atom stereocenters. The maximum absolute atomic E-state index is 11.7. The molecule has 0 aromatic carbocycles. The van der Waals surface area contributed by atoms with Gasteiger partial charge in [-0.15, -0.1) is 0 Å². The highest BCUT2D eigenvalue weighted by Crippen LogP contribution is 2.11. The zero-order valence-electron chi connectivity index (χ0n) is 8.40. The quantitative estimate of drug-likeness (QED) is 0.601. The summed E-state index contributed by atoms with van der Waals surface area (Å²) in [6.45, 7) is 0.0272. The van der Waals surface area contributed by atoms with Gasteiger partial charge >= 0.3 is 6.18 Å². The fourth-order valence-corrected chi connectivity index (χ4v) is 0.909. The summed E-state index contributed by atoms with van der Waals surface area (Å²) in [5, 5.41) is 12.9. The Kier molecular flexibility index (Phi) is 6.26. The number of aliphatic hydroxyl groups is 1. The van der Waals surface area contributed by atoms with E-state index in [1.54, 1.807) is 6.92 Å². The van der Waals surface area contributed by atoms with Crippen LogP contribution in [0.5, 0.6) is 0 Å². The third-order valence-electron chi connectivity index (χ3n) is 1.58. The molecule has 0 saturated carbocycles. The van der Waals surface area contributed by atoms with Gasteiger partial charge in [-0.25, -0.2) is 0 Å². The van der Waals surface area contributed by atoms with Gasteiger partial charge in [0.2, 0.25) is 5.91 Å². The molecule has 1 unspecified atom stereocenters. The summed E-state index contributed by atoms with van der Waals surface area (Å²) in [5.74, 6) is -0.514. The molecule has 0 aliphatic rings. The van der Waals surface area contributed by atoms with Crippen molar-refractivity contribution in [3.63, 3.8) is 0 Å². The molecule has 0 bridgehead atoms. The van der Waals surface area contributed by atoms with E-state index in [4.69, 9.17) is 5.11 Å². The zero-order valence-corrected chi connectivity index (χ0v) is 8.40. The number of alkyl halides is 3. The summed E-state index contributed by atoms with van der Waals surface area (Å²) in [6.07, 6.45) is -3.93. The van der Waals surface area contributed by atoms with Crippen LogP contribution in [0, 0.1) is 0 Å². The van der Waals surface area contributed by atoms with Crippen molar-refractivity contribution in [2.24, 2.45) is 0 Å². The van der Waals surface area contributed by atoms with Crippen LogP contribution in [-0.2, 0) is 4.79 Å². The fraction of sp³-hybridized carbons (Fsp3) is 0.875. The summed E-state index contributed by atoms with van der Waals surface area (Å²) in [4.78, 5) is 11.0. The molecule has 0 aromatic rings. The molecule has 0 aliphatic heterocycles. The maximum atomic E-state index is 11.7. The van der Waals surface area contributed by atoms with Crippen LogP contribution in [0.4, 0.5) is 13.2 Å². The van der Waals surface area contributed by atoms with Gasteiger partial charge in [0.1, 0.15) is 0 Å². The lowest BCUT2D eigenvalue weighted by atomic mass is 10.2. The standard InChI is InChI=1S/C8H15F3N2O2/c1-6(2-3-14)13-7(15)4-12-5-8(9,10)11/h6,12,14H,2-5H2,1H3,(H,13,15). The van der Waals surface area contributed by atoms with Gasteiger partial charge in [-0.05, 0) is 13.3 Å².